The normalized spacial score (nSPS) is 11.0. The van der Waals surface area contributed by atoms with Crippen LogP contribution in [-0.4, -0.2) is 17.6 Å². The number of rotatable bonds is 6. The van der Waals surface area contributed by atoms with Gasteiger partial charge in [-0.3, -0.25) is 4.79 Å². The first kappa shape index (κ1) is 20.5. The highest BCUT2D eigenvalue weighted by molar-refractivity contribution is 6.04. The maximum Gasteiger partial charge on any atom is 0.407 e. The molecule has 2 rings (SSSR count). The van der Waals surface area contributed by atoms with Crippen LogP contribution in [0.25, 0.3) is 0 Å². The maximum absolute atomic E-state index is 12.4. The predicted molar refractivity (Wildman–Crippen MR) is 108 cm³/mol. The second-order valence-electron chi connectivity index (χ2n) is 7.45. The largest absolute Gasteiger partial charge is 0.444 e. The van der Waals surface area contributed by atoms with Crippen LogP contribution in [0.1, 0.15) is 55.6 Å². The van der Waals surface area contributed by atoms with Gasteiger partial charge in [-0.1, -0.05) is 37.6 Å². The summed E-state index contributed by atoms with van der Waals surface area (Å²) in [5.74, 6) is -0.162. The van der Waals surface area contributed by atoms with Gasteiger partial charge in [0.25, 0.3) is 5.91 Å². The van der Waals surface area contributed by atoms with Gasteiger partial charge in [0.15, 0.2) is 0 Å². The number of hydrogen-bond acceptors (Lipinski definition) is 3. The van der Waals surface area contributed by atoms with Crippen molar-refractivity contribution in [2.75, 3.05) is 5.32 Å². The zero-order valence-electron chi connectivity index (χ0n) is 16.5. The minimum Gasteiger partial charge on any atom is -0.444 e. The van der Waals surface area contributed by atoms with Crippen molar-refractivity contribution >= 4 is 17.7 Å². The molecular formula is C22H28N2O3. The average molecular weight is 368 g/mol. The monoisotopic (exact) mass is 368 g/mol. The van der Waals surface area contributed by atoms with Gasteiger partial charge in [-0.15, -0.1) is 0 Å². The lowest BCUT2D eigenvalue weighted by molar-refractivity contribution is 0.0523. The molecule has 0 saturated heterocycles. The Morgan fingerprint density at radius 3 is 2.07 bits per heavy atom. The average Bonchev–Trinajstić information content (AvgIpc) is 2.61. The van der Waals surface area contributed by atoms with Crippen LogP contribution in [0.3, 0.4) is 0 Å². The van der Waals surface area contributed by atoms with Gasteiger partial charge in [-0.2, -0.15) is 0 Å². The summed E-state index contributed by atoms with van der Waals surface area (Å²) >= 11 is 0. The highest BCUT2D eigenvalue weighted by atomic mass is 16.6. The lowest BCUT2D eigenvalue weighted by Gasteiger charge is -2.19. The van der Waals surface area contributed by atoms with E-state index in [9.17, 15) is 9.59 Å². The Hall–Kier alpha value is -2.82. The fourth-order valence-electron chi connectivity index (χ4n) is 2.51. The molecule has 27 heavy (non-hydrogen) atoms. The highest BCUT2D eigenvalue weighted by Crippen LogP contribution is 2.13. The molecule has 2 aromatic rings. The number of nitrogens with one attached hydrogen (secondary N) is 2. The van der Waals surface area contributed by atoms with Crippen LogP contribution in [0, 0.1) is 0 Å². The van der Waals surface area contributed by atoms with Crippen LogP contribution < -0.4 is 10.6 Å². The molecule has 0 atom stereocenters. The van der Waals surface area contributed by atoms with Gasteiger partial charge in [0.05, 0.1) is 0 Å². The quantitative estimate of drug-likeness (QED) is 0.761. The van der Waals surface area contributed by atoms with Gasteiger partial charge in [-0.25, -0.2) is 4.79 Å². The van der Waals surface area contributed by atoms with Gasteiger partial charge in [0.1, 0.15) is 5.60 Å². The number of aryl methyl sites for hydroxylation is 1. The molecule has 0 heterocycles. The van der Waals surface area contributed by atoms with Gasteiger partial charge in [0, 0.05) is 17.8 Å². The second kappa shape index (κ2) is 9.21. The molecule has 0 aromatic heterocycles. The van der Waals surface area contributed by atoms with E-state index in [0.29, 0.717) is 12.1 Å². The van der Waals surface area contributed by atoms with Gasteiger partial charge < -0.3 is 15.4 Å². The zero-order valence-corrected chi connectivity index (χ0v) is 16.5. The molecule has 0 radical (unpaired) electrons. The number of amides is 2. The number of carbonyl (C=O) groups excluding carboxylic acids is 2. The number of carbonyl (C=O) groups is 2. The third kappa shape index (κ3) is 7.13. The summed E-state index contributed by atoms with van der Waals surface area (Å²) in [4.78, 5) is 24.0. The lowest BCUT2D eigenvalue weighted by Crippen LogP contribution is -2.32. The Balaban J connectivity index is 1.88. The number of anilines is 1. The minimum absolute atomic E-state index is 0.162. The summed E-state index contributed by atoms with van der Waals surface area (Å²) in [5.41, 5.74) is 2.96. The number of benzene rings is 2. The Kier molecular flexibility index (Phi) is 6.99. The third-order valence-electron chi connectivity index (χ3n) is 3.80. The van der Waals surface area contributed by atoms with Crippen molar-refractivity contribution in [3.05, 3.63) is 65.2 Å². The summed E-state index contributed by atoms with van der Waals surface area (Å²) in [6.45, 7) is 7.93. The van der Waals surface area contributed by atoms with Crippen molar-refractivity contribution in [1.82, 2.24) is 5.32 Å². The Morgan fingerprint density at radius 1 is 0.926 bits per heavy atom. The summed E-state index contributed by atoms with van der Waals surface area (Å²) in [6, 6.07) is 15.0. The molecular weight excluding hydrogens is 340 g/mol. The molecule has 0 spiro atoms. The van der Waals surface area contributed by atoms with E-state index in [2.05, 4.69) is 17.6 Å². The van der Waals surface area contributed by atoms with E-state index >= 15 is 0 Å². The molecule has 5 nitrogen and oxygen atoms in total. The summed E-state index contributed by atoms with van der Waals surface area (Å²) in [6.07, 6.45) is 1.67. The first-order chi connectivity index (χ1) is 12.8. The van der Waals surface area contributed by atoms with E-state index in [0.717, 1.165) is 24.1 Å². The molecule has 2 N–H and O–H groups in total. The summed E-state index contributed by atoms with van der Waals surface area (Å²) < 4.78 is 5.20. The number of ether oxygens (including phenoxy) is 1. The molecule has 0 bridgehead atoms. The number of hydrogen-bond donors (Lipinski definition) is 2. The Morgan fingerprint density at radius 2 is 1.52 bits per heavy atom. The molecule has 0 fully saturated rings. The molecule has 0 aliphatic rings. The van der Waals surface area contributed by atoms with Gasteiger partial charge >= 0.3 is 6.09 Å². The molecule has 5 heteroatoms. The fourth-order valence-corrected chi connectivity index (χ4v) is 2.51. The zero-order chi connectivity index (χ0) is 19.9. The van der Waals surface area contributed by atoms with Crippen molar-refractivity contribution in [3.8, 4) is 0 Å². The van der Waals surface area contributed by atoms with Crippen LogP contribution in [0.15, 0.2) is 48.5 Å². The highest BCUT2D eigenvalue weighted by Gasteiger charge is 2.15. The molecule has 144 valence electrons. The van der Waals surface area contributed by atoms with Gasteiger partial charge in [-0.05, 0) is 62.6 Å². The van der Waals surface area contributed by atoms with Gasteiger partial charge in [0.2, 0.25) is 0 Å². The van der Waals surface area contributed by atoms with Crippen molar-refractivity contribution < 1.29 is 14.3 Å². The fraction of sp³-hybridized carbons (Fsp3) is 0.364. The first-order valence-electron chi connectivity index (χ1n) is 9.23. The van der Waals surface area contributed by atoms with E-state index < -0.39 is 11.7 Å². The molecule has 2 amide bonds. The van der Waals surface area contributed by atoms with Crippen LogP contribution in [0.4, 0.5) is 10.5 Å². The predicted octanol–water partition coefficient (Wildman–Crippen LogP) is 4.92. The SMILES string of the molecule is CCCc1ccc(NC(=O)c2ccc(CNC(=O)OC(C)(C)C)cc2)cc1. The minimum atomic E-state index is -0.527. The lowest BCUT2D eigenvalue weighted by atomic mass is 10.1. The molecule has 2 aromatic carbocycles. The van der Waals surface area contributed by atoms with Crippen LogP contribution in [-0.2, 0) is 17.7 Å². The van der Waals surface area contributed by atoms with Crippen molar-refractivity contribution in [2.24, 2.45) is 0 Å². The summed E-state index contributed by atoms with van der Waals surface area (Å²) in [5, 5.41) is 5.59. The van der Waals surface area contributed by atoms with Crippen LogP contribution in [0.5, 0.6) is 0 Å². The third-order valence-corrected chi connectivity index (χ3v) is 3.80. The Labute approximate surface area is 161 Å². The topological polar surface area (TPSA) is 67.4 Å². The van der Waals surface area contributed by atoms with Crippen molar-refractivity contribution in [1.29, 1.82) is 0 Å². The van der Waals surface area contributed by atoms with E-state index in [1.165, 1.54) is 5.56 Å². The standard InChI is InChI=1S/C22H28N2O3/c1-5-6-16-9-13-19(14-10-16)24-20(25)18-11-7-17(8-12-18)15-23-21(26)27-22(2,3)4/h7-14H,5-6,15H2,1-4H3,(H,23,26)(H,24,25). The van der Waals surface area contributed by atoms with Crippen molar-refractivity contribution in [2.45, 2.75) is 52.7 Å². The van der Waals surface area contributed by atoms with Crippen LogP contribution in [0.2, 0.25) is 0 Å². The van der Waals surface area contributed by atoms with Crippen molar-refractivity contribution in [3.63, 3.8) is 0 Å². The van der Waals surface area contributed by atoms with E-state index in [4.69, 9.17) is 4.74 Å². The van der Waals surface area contributed by atoms with E-state index in [-0.39, 0.29) is 5.91 Å². The van der Waals surface area contributed by atoms with E-state index in [1.807, 2.05) is 57.2 Å². The van der Waals surface area contributed by atoms with Crippen LogP contribution >= 0.6 is 0 Å². The molecule has 0 aliphatic carbocycles. The Bertz CT molecular complexity index is 760. The summed E-state index contributed by atoms with van der Waals surface area (Å²) in [7, 11) is 0. The number of alkyl carbamates (subject to hydrolysis) is 1. The maximum atomic E-state index is 12.4. The molecule has 0 aliphatic heterocycles. The first-order valence-corrected chi connectivity index (χ1v) is 9.23. The van der Waals surface area contributed by atoms with E-state index in [1.54, 1.807) is 12.1 Å². The smallest absolute Gasteiger partial charge is 0.407 e. The molecule has 0 saturated carbocycles. The molecule has 0 unspecified atom stereocenters. The second-order valence-corrected chi connectivity index (χ2v) is 7.45.